The zero-order valence-electron chi connectivity index (χ0n) is 15.7. The molecule has 140 valence electrons. The Morgan fingerprint density at radius 2 is 1.48 bits per heavy atom. The van der Waals surface area contributed by atoms with Crippen LogP contribution in [0.5, 0.6) is 0 Å². The molecule has 0 bridgehead atoms. The second-order valence-electron chi connectivity index (χ2n) is 7.06. The van der Waals surface area contributed by atoms with Crippen LogP contribution in [0.15, 0.2) is 58.8 Å². The highest BCUT2D eigenvalue weighted by molar-refractivity contribution is 5.85. The fourth-order valence-corrected chi connectivity index (χ4v) is 3.08. The maximum atomic E-state index is 12.7. The minimum Gasteiger partial charge on any atom is -0.166 e. The summed E-state index contributed by atoms with van der Waals surface area (Å²) in [6.07, 6.45) is -4.35. The summed E-state index contributed by atoms with van der Waals surface area (Å²) >= 11 is 0. The van der Waals surface area contributed by atoms with Crippen molar-refractivity contribution >= 4 is 11.4 Å². The molecule has 0 saturated heterocycles. The Kier molecular flexibility index (Phi) is 5.05. The normalized spacial score (nSPS) is 12.4. The molecule has 27 heavy (non-hydrogen) atoms. The quantitative estimate of drug-likeness (QED) is 0.418. The molecule has 0 heterocycles. The summed E-state index contributed by atoms with van der Waals surface area (Å²) < 4.78 is 38.0. The van der Waals surface area contributed by atoms with Crippen LogP contribution in [-0.2, 0) is 6.18 Å². The lowest BCUT2D eigenvalue weighted by Crippen LogP contribution is -2.03. The van der Waals surface area contributed by atoms with Gasteiger partial charge in [0.1, 0.15) is 0 Å². The number of hydrogen-bond donors (Lipinski definition) is 0. The molecule has 0 amide bonds. The number of aryl methyl sites for hydroxylation is 2. The lowest BCUT2D eigenvalue weighted by atomic mass is 10.0. The van der Waals surface area contributed by atoms with Gasteiger partial charge in [-0.1, -0.05) is 32.0 Å². The molecule has 5 heteroatoms. The van der Waals surface area contributed by atoms with Gasteiger partial charge in [-0.3, -0.25) is 0 Å². The first kappa shape index (κ1) is 19.1. The minimum atomic E-state index is -4.35. The van der Waals surface area contributed by atoms with Gasteiger partial charge in [0, 0.05) is 5.56 Å². The van der Waals surface area contributed by atoms with Gasteiger partial charge in [0.15, 0.2) is 0 Å². The molecule has 2 aliphatic carbocycles. The average Bonchev–Trinajstić information content (AvgIpc) is 2.79. The minimum absolute atomic E-state index is 0.385. The molecular formula is C22H21F3N2. The number of nitrogens with zero attached hydrogens (tertiary/aromatic N) is 2. The van der Waals surface area contributed by atoms with Gasteiger partial charge < -0.3 is 0 Å². The lowest BCUT2D eigenvalue weighted by molar-refractivity contribution is -0.137. The van der Waals surface area contributed by atoms with Crippen LogP contribution in [0.1, 0.15) is 42.0 Å². The van der Waals surface area contributed by atoms with Gasteiger partial charge in [0.05, 0.1) is 16.9 Å². The Balaban J connectivity index is 1.98. The molecule has 2 nitrogen and oxygen atoms in total. The van der Waals surface area contributed by atoms with Crippen LogP contribution in [0.25, 0.3) is 11.1 Å². The summed E-state index contributed by atoms with van der Waals surface area (Å²) in [5, 5.41) is 8.46. The third-order valence-electron chi connectivity index (χ3n) is 4.67. The van der Waals surface area contributed by atoms with Crippen molar-refractivity contribution in [1.29, 1.82) is 0 Å². The second kappa shape index (κ2) is 7.14. The molecule has 0 atom stereocenters. The molecular weight excluding hydrogens is 349 g/mol. The van der Waals surface area contributed by atoms with Gasteiger partial charge in [-0.05, 0) is 72.4 Å². The van der Waals surface area contributed by atoms with Crippen LogP contribution in [-0.4, -0.2) is 0 Å². The maximum Gasteiger partial charge on any atom is 0.416 e. The Labute approximate surface area is 157 Å². The van der Waals surface area contributed by atoms with Crippen molar-refractivity contribution in [2.75, 3.05) is 0 Å². The van der Waals surface area contributed by atoms with Crippen LogP contribution >= 0.6 is 0 Å². The SMILES string of the molecule is Cc1cc(N=Nc2ccc(C(F)(F)F)cc2)c2c(C)ccc(C(C)C)cc1-2. The standard InChI is InChI=1S/C22H21F3N2/c1-13(2)16-6-5-14(3)21-19(12-16)15(4)11-20(21)27-26-18-9-7-17(8-10-18)22(23,24)25/h5-13H,1-4H3. The summed E-state index contributed by atoms with van der Waals surface area (Å²) in [6.45, 7) is 8.37. The first-order chi connectivity index (χ1) is 12.7. The Bertz CT molecular complexity index is 955. The van der Waals surface area contributed by atoms with Gasteiger partial charge in [0.25, 0.3) is 0 Å². The largest absolute Gasteiger partial charge is 0.416 e. The summed E-state index contributed by atoms with van der Waals surface area (Å²) in [4.78, 5) is 0. The summed E-state index contributed by atoms with van der Waals surface area (Å²) in [5.41, 5.74) is 6.01. The number of azo groups is 1. The lowest BCUT2D eigenvalue weighted by Gasteiger charge is -2.05. The van der Waals surface area contributed by atoms with E-state index in [4.69, 9.17) is 0 Å². The third kappa shape index (κ3) is 4.02. The number of hydrogen-bond acceptors (Lipinski definition) is 2. The van der Waals surface area contributed by atoms with Crippen molar-refractivity contribution in [2.24, 2.45) is 10.2 Å². The summed E-state index contributed by atoms with van der Waals surface area (Å²) in [7, 11) is 0. The zero-order chi connectivity index (χ0) is 19.8. The molecule has 0 spiro atoms. The topological polar surface area (TPSA) is 24.7 Å². The van der Waals surface area contributed by atoms with E-state index in [1.807, 2.05) is 19.9 Å². The molecule has 0 saturated carbocycles. The summed E-state index contributed by atoms with van der Waals surface area (Å²) in [5.74, 6) is 0.409. The van der Waals surface area contributed by atoms with Gasteiger partial charge in [0.2, 0.25) is 0 Å². The molecule has 1 aromatic carbocycles. The Morgan fingerprint density at radius 1 is 0.815 bits per heavy atom. The molecule has 0 fully saturated rings. The van der Waals surface area contributed by atoms with Gasteiger partial charge in [-0.15, -0.1) is 5.11 Å². The first-order valence-corrected chi connectivity index (χ1v) is 8.79. The van der Waals surface area contributed by atoms with Crippen LogP contribution in [0, 0.1) is 13.8 Å². The van der Waals surface area contributed by atoms with E-state index < -0.39 is 11.7 Å². The van der Waals surface area contributed by atoms with Crippen molar-refractivity contribution in [1.82, 2.24) is 0 Å². The van der Waals surface area contributed by atoms with Gasteiger partial charge in [-0.25, -0.2) is 0 Å². The van der Waals surface area contributed by atoms with Crippen molar-refractivity contribution in [3.05, 3.63) is 70.8 Å². The molecule has 0 radical (unpaired) electrons. The summed E-state index contributed by atoms with van der Waals surface area (Å²) in [6, 6.07) is 13.0. The number of fused-ring (bicyclic) bond motifs is 1. The van der Waals surface area contributed by atoms with E-state index in [0.717, 1.165) is 40.1 Å². The molecule has 0 aliphatic heterocycles. The number of alkyl halides is 3. The monoisotopic (exact) mass is 370 g/mol. The predicted octanol–water partition coefficient (Wildman–Crippen LogP) is 7.97. The molecule has 1 aromatic rings. The highest BCUT2D eigenvalue weighted by atomic mass is 19.4. The van der Waals surface area contributed by atoms with E-state index in [1.54, 1.807) is 0 Å². The van der Waals surface area contributed by atoms with Crippen molar-refractivity contribution < 1.29 is 13.2 Å². The highest BCUT2D eigenvalue weighted by Gasteiger charge is 2.29. The predicted molar refractivity (Wildman–Crippen MR) is 102 cm³/mol. The smallest absolute Gasteiger partial charge is 0.166 e. The van der Waals surface area contributed by atoms with Crippen molar-refractivity contribution in [3.8, 4) is 11.1 Å². The zero-order valence-corrected chi connectivity index (χ0v) is 15.7. The van der Waals surface area contributed by atoms with E-state index in [9.17, 15) is 13.2 Å². The van der Waals surface area contributed by atoms with Crippen molar-refractivity contribution in [2.45, 2.75) is 39.8 Å². The van der Waals surface area contributed by atoms with E-state index in [0.29, 0.717) is 11.6 Å². The number of halogens is 3. The third-order valence-corrected chi connectivity index (χ3v) is 4.67. The number of benzene rings is 1. The first-order valence-electron chi connectivity index (χ1n) is 8.79. The van der Waals surface area contributed by atoms with E-state index in [2.05, 4.69) is 42.3 Å². The fourth-order valence-electron chi connectivity index (χ4n) is 3.08. The molecule has 0 unspecified atom stereocenters. The fraction of sp³-hybridized carbons (Fsp3) is 0.273. The second-order valence-corrected chi connectivity index (χ2v) is 7.06. The molecule has 2 aliphatic rings. The maximum absolute atomic E-state index is 12.7. The number of rotatable bonds is 3. The Morgan fingerprint density at radius 3 is 2.07 bits per heavy atom. The van der Waals surface area contributed by atoms with Crippen LogP contribution in [0.3, 0.4) is 0 Å². The van der Waals surface area contributed by atoms with Crippen LogP contribution < -0.4 is 0 Å². The van der Waals surface area contributed by atoms with Gasteiger partial charge in [-0.2, -0.15) is 18.3 Å². The highest BCUT2D eigenvalue weighted by Crippen LogP contribution is 2.41. The van der Waals surface area contributed by atoms with Crippen LogP contribution in [0.4, 0.5) is 24.5 Å². The molecule has 0 aromatic heterocycles. The Hall–Kier alpha value is -2.69. The van der Waals surface area contributed by atoms with E-state index in [1.165, 1.54) is 17.7 Å². The van der Waals surface area contributed by atoms with E-state index >= 15 is 0 Å². The van der Waals surface area contributed by atoms with Crippen molar-refractivity contribution in [3.63, 3.8) is 0 Å². The van der Waals surface area contributed by atoms with Gasteiger partial charge >= 0.3 is 6.18 Å². The van der Waals surface area contributed by atoms with Crippen LogP contribution in [0.2, 0.25) is 0 Å². The molecule has 3 rings (SSSR count). The average molecular weight is 370 g/mol. The molecule has 0 N–H and O–H groups in total. The van der Waals surface area contributed by atoms with E-state index in [-0.39, 0.29) is 0 Å².